The second-order valence-corrected chi connectivity index (χ2v) is 5.15. The molecule has 5 heteroatoms. The minimum atomic E-state index is 0.634. The SMILES string of the molecule is CCOc1ccccc1-c1cc2nc(CC)cc(=S)n2[nH]1. The molecule has 0 amide bonds. The van der Waals surface area contributed by atoms with Crippen LogP contribution in [0.3, 0.4) is 0 Å². The van der Waals surface area contributed by atoms with Gasteiger partial charge >= 0.3 is 0 Å². The van der Waals surface area contributed by atoms with Crippen LogP contribution in [0.4, 0.5) is 0 Å². The van der Waals surface area contributed by atoms with E-state index in [-0.39, 0.29) is 0 Å². The molecule has 108 valence electrons. The van der Waals surface area contributed by atoms with E-state index in [4.69, 9.17) is 17.0 Å². The van der Waals surface area contributed by atoms with E-state index in [9.17, 15) is 0 Å². The highest BCUT2D eigenvalue weighted by Crippen LogP contribution is 2.29. The normalized spacial score (nSPS) is 11.0. The highest BCUT2D eigenvalue weighted by molar-refractivity contribution is 7.71. The monoisotopic (exact) mass is 299 g/mol. The Bertz CT molecular complexity index is 835. The number of ether oxygens (including phenoxy) is 1. The number of aryl methyl sites for hydroxylation is 1. The average molecular weight is 299 g/mol. The Morgan fingerprint density at radius 1 is 1.24 bits per heavy atom. The van der Waals surface area contributed by atoms with Crippen molar-refractivity contribution < 1.29 is 4.74 Å². The molecule has 0 unspecified atom stereocenters. The van der Waals surface area contributed by atoms with Crippen LogP contribution in [0, 0.1) is 4.64 Å². The van der Waals surface area contributed by atoms with Crippen molar-refractivity contribution in [2.24, 2.45) is 0 Å². The highest BCUT2D eigenvalue weighted by Gasteiger charge is 2.10. The van der Waals surface area contributed by atoms with Crippen molar-refractivity contribution in [3.63, 3.8) is 0 Å². The van der Waals surface area contributed by atoms with Gasteiger partial charge in [0.25, 0.3) is 0 Å². The lowest BCUT2D eigenvalue weighted by Gasteiger charge is -2.07. The summed E-state index contributed by atoms with van der Waals surface area (Å²) >= 11 is 5.42. The van der Waals surface area contributed by atoms with E-state index in [0.29, 0.717) is 6.61 Å². The molecule has 0 spiro atoms. The van der Waals surface area contributed by atoms with E-state index in [1.807, 2.05) is 47.8 Å². The van der Waals surface area contributed by atoms with Gasteiger partial charge in [-0.3, -0.25) is 5.10 Å². The molecule has 0 aliphatic rings. The van der Waals surface area contributed by atoms with Crippen LogP contribution >= 0.6 is 12.2 Å². The summed E-state index contributed by atoms with van der Waals surface area (Å²) < 4.78 is 8.25. The number of rotatable bonds is 4. The molecule has 0 saturated heterocycles. The molecule has 0 bridgehead atoms. The summed E-state index contributed by atoms with van der Waals surface area (Å²) in [5, 5.41) is 3.30. The molecule has 2 aromatic heterocycles. The van der Waals surface area contributed by atoms with E-state index in [2.05, 4.69) is 17.0 Å². The third-order valence-electron chi connectivity index (χ3n) is 3.34. The maximum atomic E-state index is 5.69. The minimum absolute atomic E-state index is 0.634. The summed E-state index contributed by atoms with van der Waals surface area (Å²) in [6.45, 7) is 4.69. The van der Waals surface area contributed by atoms with Crippen LogP contribution in [0.1, 0.15) is 19.5 Å². The van der Waals surface area contributed by atoms with Gasteiger partial charge in [0.2, 0.25) is 0 Å². The first-order chi connectivity index (χ1) is 10.2. The van der Waals surface area contributed by atoms with Gasteiger partial charge in [0.15, 0.2) is 5.65 Å². The van der Waals surface area contributed by atoms with Crippen LogP contribution in [-0.4, -0.2) is 21.2 Å². The van der Waals surface area contributed by atoms with E-state index in [1.165, 1.54) is 0 Å². The molecule has 0 aliphatic heterocycles. The number of benzene rings is 1. The lowest BCUT2D eigenvalue weighted by molar-refractivity contribution is 0.341. The van der Waals surface area contributed by atoms with Crippen molar-refractivity contribution >= 4 is 17.9 Å². The largest absolute Gasteiger partial charge is 0.493 e. The molecule has 0 fully saturated rings. The summed E-state index contributed by atoms with van der Waals surface area (Å²) in [7, 11) is 0. The van der Waals surface area contributed by atoms with Crippen molar-refractivity contribution in [2.45, 2.75) is 20.3 Å². The Labute approximate surface area is 128 Å². The number of hydrogen-bond acceptors (Lipinski definition) is 3. The molecule has 0 radical (unpaired) electrons. The Kier molecular flexibility index (Phi) is 3.75. The van der Waals surface area contributed by atoms with E-state index < -0.39 is 0 Å². The highest BCUT2D eigenvalue weighted by atomic mass is 32.1. The molecule has 0 atom stereocenters. The third kappa shape index (κ3) is 2.56. The molecule has 1 N–H and O–H groups in total. The Morgan fingerprint density at radius 3 is 2.81 bits per heavy atom. The molecule has 21 heavy (non-hydrogen) atoms. The number of nitrogens with one attached hydrogen (secondary N) is 1. The fourth-order valence-electron chi connectivity index (χ4n) is 2.33. The quantitative estimate of drug-likeness (QED) is 0.740. The first-order valence-corrected chi connectivity index (χ1v) is 7.47. The van der Waals surface area contributed by atoms with Gasteiger partial charge in [-0.1, -0.05) is 31.3 Å². The lowest BCUT2D eigenvalue weighted by Crippen LogP contribution is -1.96. The topological polar surface area (TPSA) is 42.3 Å². The van der Waals surface area contributed by atoms with Crippen LogP contribution in [0.2, 0.25) is 0 Å². The number of nitrogens with zero attached hydrogens (tertiary/aromatic N) is 2. The van der Waals surface area contributed by atoms with Gasteiger partial charge in [0, 0.05) is 17.3 Å². The van der Waals surface area contributed by atoms with Gasteiger partial charge in [0.05, 0.1) is 12.3 Å². The van der Waals surface area contributed by atoms with Crippen molar-refractivity contribution in [2.75, 3.05) is 6.61 Å². The van der Waals surface area contributed by atoms with Crippen LogP contribution in [0.15, 0.2) is 36.4 Å². The zero-order chi connectivity index (χ0) is 14.8. The summed E-state index contributed by atoms with van der Waals surface area (Å²) in [6, 6.07) is 11.9. The summed E-state index contributed by atoms with van der Waals surface area (Å²) in [5.41, 5.74) is 3.80. The molecule has 3 aromatic rings. The number of H-pyrrole nitrogens is 1. The molecular formula is C16H17N3OS. The summed E-state index contributed by atoms with van der Waals surface area (Å²) in [6.07, 6.45) is 0.871. The van der Waals surface area contributed by atoms with Gasteiger partial charge in [-0.05, 0) is 31.5 Å². The van der Waals surface area contributed by atoms with Crippen molar-refractivity contribution in [3.8, 4) is 17.0 Å². The van der Waals surface area contributed by atoms with Crippen LogP contribution in [0.5, 0.6) is 5.75 Å². The van der Waals surface area contributed by atoms with Gasteiger partial charge in [0.1, 0.15) is 10.4 Å². The third-order valence-corrected chi connectivity index (χ3v) is 3.64. The van der Waals surface area contributed by atoms with Crippen molar-refractivity contribution in [1.29, 1.82) is 0 Å². The van der Waals surface area contributed by atoms with E-state index >= 15 is 0 Å². The van der Waals surface area contributed by atoms with E-state index in [1.54, 1.807) is 0 Å². The Morgan fingerprint density at radius 2 is 2.05 bits per heavy atom. The summed E-state index contributed by atoms with van der Waals surface area (Å²) in [4.78, 5) is 4.60. The molecule has 1 aromatic carbocycles. The lowest BCUT2D eigenvalue weighted by atomic mass is 10.1. The first-order valence-electron chi connectivity index (χ1n) is 7.06. The predicted molar refractivity (Wildman–Crippen MR) is 86.4 cm³/mol. The fourth-order valence-corrected chi connectivity index (χ4v) is 2.61. The first kappa shape index (κ1) is 13.8. The molecule has 0 saturated carbocycles. The maximum absolute atomic E-state index is 5.69. The number of aromatic nitrogens is 3. The van der Waals surface area contributed by atoms with Crippen molar-refractivity contribution in [3.05, 3.63) is 46.7 Å². The molecule has 3 rings (SSSR count). The average Bonchev–Trinajstić information content (AvgIpc) is 2.92. The maximum Gasteiger partial charge on any atom is 0.155 e. The summed E-state index contributed by atoms with van der Waals surface area (Å²) in [5.74, 6) is 0.855. The fraction of sp³-hybridized carbons (Fsp3) is 0.250. The Balaban J connectivity index is 2.18. The number of aromatic amines is 1. The van der Waals surface area contributed by atoms with Crippen molar-refractivity contribution in [1.82, 2.24) is 14.6 Å². The van der Waals surface area contributed by atoms with Crippen LogP contribution in [-0.2, 0) is 6.42 Å². The van der Waals surface area contributed by atoms with Gasteiger partial charge in [-0.15, -0.1) is 0 Å². The molecule has 0 aliphatic carbocycles. The zero-order valence-corrected chi connectivity index (χ0v) is 12.9. The van der Waals surface area contributed by atoms with Gasteiger partial charge in [-0.25, -0.2) is 9.50 Å². The minimum Gasteiger partial charge on any atom is -0.493 e. The van der Waals surface area contributed by atoms with E-state index in [0.717, 1.165) is 39.4 Å². The van der Waals surface area contributed by atoms with Gasteiger partial charge < -0.3 is 4.74 Å². The van der Waals surface area contributed by atoms with Crippen LogP contribution in [0.25, 0.3) is 16.9 Å². The smallest absolute Gasteiger partial charge is 0.155 e. The molecular weight excluding hydrogens is 282 g/mol. The zero-order valence-electron chi connectivity index (χ0n) is 12.1. The number of hydrogen-bond donors (Lipinski definition) is 1. The molecule has 2 heterocycles. The van der Waals surface area contributed by atoms with Gasteiger partial charge in [-0.2, -0.15) is 0 Å². The number of fused-ring (bicyclic) bond motifs is 1. The predicted octanol–water partition coefficient (Wildman–Crippen LogP) is 4.02. The molecule has 4 nitrogen and oxygen atoms in total. The second-order valence-electron chi connectivity index (χ2n) is 4.73. The van der Waals surface area contributed by atoms with Crippen LogP contribution < -0.4 is 4.74 Å². The second kappa shape index (κ2) is 5.69. The standard InChI is InChI=1S/C16H17N3OS/c1-3-11-9-16(21)19-15(17-11)10-13(18-19)12-7-5-6-8-14(12)20-4-2/h5-10,18H,3-4H2,1-2H3. The number of para-hydroxylation sites is 1. The Hall–Kier alpha value is -2.14.